The van der Waals surface area contributed by atoms with Gasteiger partial charge in [-0.1, -0.05) is 18.2 Å². The summed E-state index contributed by atoms with van der Waals surface area (Å²) in [4.78, 5) is 13.1. The van der Waals surface area contributed by atoms with Gasteiger partial charge in [-0.3, -0.25) is 4.79 Å². The number of nitrogens with one attached hydrogen (secondary N) is 2. The molecule has 6 heteroatoms. The molecule has 1 aliphatic heterocycles. The summed E-state index contributed by atoms with van der Waals surface area (Å²) in [6.45, 7) is 2.79. The molecule has 2 N–H and O–H groups in total. The molecule has 3 aromatic rings. The molecule has 0 aliphatic carbocycles. The number of amides is 1. The van der Waals surface area contributed by atoms with Gasteiger partial charge in [-0.25, -0.2) is 4.68 Å². The second-order valence-corrected chi connectivity index (χ2v) is 7.19. The molecule has 2 aromatic heterocycles. The molecule has 1 aliphatic rings. The van der Waals surface area contributed by atoms with E-state index in [2.05, 4.69) is 15.7 Å². The molecule has 1 fully saturated rings. The summed E-state index contributed by atoms with van der Waals surface area (Å²) in [6, 6.07) is 11.9. The van der Waals surface area contributed by atoms with E-state index in [1.807, 2.05) is 58.9 Å². The van der Waals surface area contributed by atoms with E-state index in [0.717, 1.165) is 47.7 Å². The fraction of sp³-hybridized carbons (Fsp3) is 0.263. The Kier molecular flexibility index (Phi) is 4.63. The minimum atomic E-state index is 0.0126. The number of rotatable bonds is 5. The lowest BCUT2D eigenvalue weighted by Gasteiger charge is -2.08. The van der Waals surface area contributed by atoms with Gasteiger partial charge in [0.15, 0.2) is 0 Å². The van der Waals surface area contributed by atoms with E-state index < -0.39 is 0 Å². The Morgan fingerprint density at radius 3 is 3.00 bits per heavy atom. The van der Waals surface area contributed by atoms with Gasteiger partial charge in [0.05, 0.1) is 16.8 Å². The minimum Gasteiger partial charge on any atom is -0.351 e. The maximum atomic E-state index is 12.3. The largest absolute Gasteiger partial charge is 0.351 e. The number of carbonyl (C=O) groups excluding carboxylic acids is 1. The van der Waals surface area contributed by atoms with Gasteiger partial charge in [-0.2, -0.15) is 5.10 Å². The highest BCUT2D eigenvalue weighted by Crippen LogP contribution is 2.26. The van der Waals surface area contributed by atoms with Crippen LogP contribution in [0.2, 0.25) is 0 Å². The molecule has 0 saturated carbocycles. The van der Waals surface area contributed by atoms with Crippen LogP contribution in [0.15, 0.2) is 54.2 Å². The smallest absolute Gasteiger partial charge is 0.261 e. The molecular weight excluding hydrogens is 332 g/mol. The lowest BCUT2D eigenvalue weighted by molar-refractivity contribution is 0.0952. The Bertz CT molecular complexity index is 849. The molecule has 0 spiro atoms. The SMILES string of the molecule is O=C(NC[C@@H]1CCNC1)c1cc(-c2cnn(-c3ccccc3)c2)cs1. The highest BCUT2D eigenvalue weighted by Gasteiger charge is 2.17. The number of benzene rings is 1. The lowest BCUT2D eigenvalue weighted by atomic mass is 10.1. The van der Waals surface area contributed by atoms with Crippen molar-refractivity contribution < 1.29 is 4.79 Å². The van der Waals surface area contributed by atoms with Gasteiger partial charge in [-0.05, 0) is 54.6 Å². The summed E-state index contributed by atoms with van der Waals surface area (Å²) in [7, 11) is 0. The summed E-state index contributed by atoms with van der Waals surface area (Å²) in [5.74, 6) is 0.561. The molecular formula is C19H20N4OS. The van der Waals surface area contributed by atoms with Crippen LogP contribution in [0.1, 0.15) is 16.1 Å². The monoisotopic (exact) mass is 352 g/mol. The number of para-hydroxylation sites is 1. The van der Waals surface area contributed by atoms with E-state index in [1.54, 1.807) is 0 Å². The maximum absolute atomic E-state index is 12.3. The number of carbonyl (C=O) groups is 1. The van der Waals surface area contributed by atoms with Crippen LogP contribution < -0.4 is 10.6 Å². The summed E-state index contributed by atoms with van der Waals surface area (Å²) < 4.78 is 1.85. The van der Waals surface area contributed by atoms with Crippen LogP contribution in [0.25, 0.3) is 16.8 Å². The third kappa shape index (κ3) is 3.65. The van der Waals surface area contributed by atoms with Crippen LogP contribution in [-0.2, 0) is 0 Å². The lowest BCUT2D eigenvalue weighted by Crippen LogP contribution is -2.29. The van der Waals surface area contributed by atoms with Gasteiger partial charge in [-0.15, -0.1) is 11.3 Å². The Labute approximate surface area is 150 Å². The van der Waals surface area contributed by atoms with Crippen LogP contribution in [0.3, 0.4) is 0 Å². The van der Waals surface area contributed by atoms with Gasteiger partial charge in [0, 0.05) is 18.3 Å². The van der Waals surface area contributed by atoms with Crippen molar-refractivity contribution in [1.82, 2.24) is 20.4 Å². The first-order chi connectivity index (χ1) is 12.3. The fourth-order valence-corrected chi connectivity index (χ4v) is 3.85. The maximum Gasteiger partial charge on any atom is 0.261 e. The molecule has 1 amide bonds. The number of nitrogens with zero attached hydrogens (tertiary/aromatic N) is 2. The molecule has 5 nitrogen and oxygen atoms in total. The van der Waals surface area contributed by atoms with Gasteiger partial charge in [0.1, 0.15) is 0 Å². The molecule has 3 heterocycles. The van der Waals surface area contributed by atoms with Crippen molar-refractivity contribution in [2.75, 3.05) is 19.6 Å². The first-order valence-corrected chi connectivity index (χ1v) is 9.35. The Morgan fingerprint density at radius 2 is 2.20 bits per heavy atom. The standard InChI is InChI=1S/C19H20N4OS/c24-19(21-10-14-6-7-20-9-14)18-8-15(13-25-18)16-11-22-23(12-16)17-4-2-1-3-5-17/h1-5,8,11-14,20H,6-7,9-10H2,(H,21,24)/t14-/m1/s1. The normalized spacial score (nSPS) is 16.9. The predicted molar refractivity (Wildman–Crippen MR) is 100 cm³/mol. The van der Waals surface area contributed by atoms with Crippen LogP contribution in [0.5, 0.6) is 0 Å². The fourth-order valence-electron chi connectivity index (χ4n) is 3.01. The topological polar surface area (TPSA) is 59.0 Å². The van der Waals surface area contributed by atoms with Gasteiger partial charge in [0.2, 0.25) is 0 Å². The summed E-state index contributed by atoms with van der Waals surface area (Å²) >= 11 is 1.48. The number of hydrogen-bond donors (Lipinski definition) is 2. The molecule has 1 atom stereocenters. The molecule has 1 saturated heterocycles. The van der Waals surface area contributed by atoms with E-state index in [-0.39, 0.29) is 5.91 Å². The Hall–Kier alpha value is -2.44. The van der Waals surface area contributed by atoms with Crippen LogP contribution in [-0.4, -0.2) is 35.3 Å². The van der Waals surface area contributed by atoms with Crippen molar-refractivity contribution in [2.24, 2.45) is 5.92 Å². The van der Waals surface area contributed by atoms with Crippen molar-refractivity contribution >= 4 is 17.2 Å². The van der Waals surface area contributed by atoms with Crippen molar-refractivity contribution in [1.29, 1.82) is 0 Å². The zero-order valence-electron chi connectivity index (χ0n) is 13.8. The number of thiophene rings is 1. The van der Waals surface area contributed by atoms with E-state index in [1.165, 1.54) is 11.3 Å². The molecule has 0 radical (unpaired) electrons. The minimum absolute atomic E-state index is 0.0126. The van der Waals surface area contributed by atoms with Gasteiger partial charge >= 0.3 is 0 Å². The van der Waals surface area contributed by atoms with Crippen LogP contribution in [0.4, 0.5) is 0 Å². The van der Waals surface area contributed by atoms with Gasteiger partial charge < -0.3 is 10.6 Å². The first kappa shape index (κ1) is 16.1. The molecule has 0 unspecified atom stereocenters. The quantitative estimate of drug-likeness (QED) is 0.742. The second-order valence-electron chi connectivity index (χ2n) is 6.28. The summed E-state index contributed by atoms with van der Waals surface area (Å²) in [5, 5.41) is 12.8. The Balaban J connectivity index is 1.44. The van der Waals surface area contributed by atoms with E-state index in [0.29, 0.717) is 5.92 Å². The molecule has 1 aromatic carbocycles. The van der Waals surface area contributed by atoms with E-state index in [9.17, 15) is 4.79 Å². The average Bonchev–Trinajstić information content (AvgIpc) is 3.41. The zero-order valence-corrected chi connectivity index (χ0v) is 14.6. The third-order valence-electron chi connectivity index (χ3n) is 4.47. The highest BCUT2D eigenvalue weighted by atomic mass is 32.1. The number of aromatic nitrogens is 2. The van der Waals surface area contributed by atoms with Crippen molar-refractivity contribution in [3.05, 3.63) is 59.0 Å². The third-order valence-corrected chi connectivity index (χ3v) is 5.40. The summed E-state index contributed by atoms with van der Waals surface area (Å²) in [5.41, 5.74) is 3.06. The second kappa shape index (κ2) is 7.21. The van der Waals surface area contributed by atoms with Crippen LogP contribution >= 0.6 is 11.3 Å². The molecule has 4 rings (SSSR count). The molecule has 25 heavy (non-hydrogen) atoms. The first-order valence-electron chi connectivity index (χ1n) is 8.47. The van der Waals surface area contributed by atoms with Crippen molar-refractivity contribution in [3.8, 4) is 16.8 Å². The molecule has 0 bridgehead atoms. The van der Waals surface area contributed by atoms with Crippen LogP contribution in [0, 0.1) is 5.92 Å². The van der Waals surface area contributed by atoms with Crippen molar-refractivity contribution in [3.63, 3.8) is 0 Å². The predicted octanol–water partition coefficient (Wildman–Crippen LogP) is 2.94. The van der Waals surface area contributed by atoms with E-state index in [4.69, 9.17) is 0 Å². The molecule has 128 valence electrons. The Morgan fingerprint density at radius 1 is 1.32 bits per heavy atom. The van der Waals surface area contributed by atoms with E-state index >= 15 is 0 Å². The zero-order chi connectivity index (χ0) is 17.1. The summed E-state index contributed by atoms with van der Waals surface area (Å²) in [6.07, 6.45) is 4.96. The highest BCUT2D eigenvalue weighted by molar-refractivity contribution is 7.12. The number of hydrogen-bond acceptors (Lipinski definition) is 4. The van der Waals surface area contributed by atoms with Gasteiger partial charge in [0.25, 0.3) is 5.91 Å². The average molecular weight is 352 g/mol. The van der Waals surface area contributed by atoms with Crippen molar-refractivity contribution in [2.45, 2.75) is 6.42 Å².